The first kappa shape index (κ1) is 19.9. The van der Waals surface area contributed by atoms with Crippen molar-refractivity contribution in [1.82, 2.24) is 5.32 Å². The number of rotatable bonds is 7. The molecule has 0 saturated carbocycles. The maximum Gasteiger partial charge on any atom is 0.349 e. The number of sulfone groups is 1. The van der Waals surface area contributed by atoms with Crippen LogP contribution >= 0.6 is 11.3 Å². The molecule has 25 heavy (non-hydrogen) atoms. The van der Waals surface area contributed by atoms with Gasteiger partial charge in [-0.3, -0.25) is 4.79 Å². The van der Waals surface area contributed by atoms with Crippen molar-refractivity contribution in [3.8, 4) is 0 Å². The number of ether oxygens (including phenoxy) is 1. The van der Waals surface area contributed by atoms with Crippen LogP contribution in [0.4, 0.5) is 0 Å². The standard InChI is InChI=1S/C17H25NO5S2/c1-4-6-14-12(5-2)9-15(24-14)17(20)23-11(3)16(19)18-13-7-8-25(21,22)10-13/h9,11,13H,4-8,10H2,1-3H3,(H,18,19)/t11-,13-/m0/s1. The van der Waals surface area contributed by atoms with E-state index >= 15 is 0 Å². The molecule has 0 aromatic carbocycles. The normalized spacial score (nSPS) is 20.2. The van der Waals surface area contributed by atoms with Crippen molar-refractivity contribution >= 4 is 33.1 Å². The van der Waals surface area contributed by atoms with Gasteiger partial charge in [0.25, 0.3) is 5.91 Å². The largest absolute Gasteiger partial charge is 0.448 e. The lowest BCUT2D eigenvalue weighted by atomic mass is 10.1. The van der Waals surface area contributed by atoms with Crippen molar-refractivity contribution in [3.05, 3.63) is 21.4 Å². The third-order valence-electron chi connectivity index (χ3n) is 4.19. The number of carbonyl (C=O) groups is 2. The molecule has 6 nitrogen and oxygen atoms in total. The van der Waals surface area contributed by atoms with E-state index in [0.29, 0.717) is 11.3 Å². The van der Waals surface area contributed by atoms with Crippen LogP contribution in [0.15, 0.2) is 6.07 Å². The van der Waals surface area contributed by atoms with E-state index in [-0.39, 0.29) is 11.5 Å². The average molecular weight is 388 g/mol. The topological polar surface area (TPSA) is 89.5 Å². The molecular weight excluding hydrogens is 362 g/mol. The van der Waals surface area contributed by atoms with Gasteiger partial charge in [0, 0.05) is 10.9 Å². The second-order valence-corrected chi connectivity index (χ2v) is 9.68. The maximum absolute atomic E-state index is 12.3. The van der Waals surface area contributed by atoms with Gasteiger partial charge in [0.1, 0.15) is 4.88 Å². The van der Waals surface area contributed by atoms with Gasteiger partial charge in [0.15, 0.2) is 15.9 Å². The van der Waals surface area contributed by atoms with E-state index in [0.717, 1.165) is 24.8 Å². The third-order valence-corrected chi connectivity index (χ3v) is 7.17. The summed E-state index contributed by atoms with van der Waals surface area (Å²) in [7, 11) is -3.06. The molecule has 1 aliphatic heterocycles. The summed E-state index contributed by atoms with van der Waals surface area (Å²) in [6.07, 6.45) is 2.22. The highest BCUT2D eigenvalue weighted by Gasteiger charge is 2.31. The van der Waals surface area contributed by atoms with Gasteiger partial charge in [-0.05, 0) is 37.8 Å². The van der Waals surface area contributed by atoms with Crippen LogP contribution in [0.1, 0.15) is 53.7 Å². The van der Waals surface area contributed by atoms with Crippen LogP contribution in [0.3, 0.4) is 0 Å². The zero-order valence-electron chi connectivity index (χ0n) is 14.8. The zero-order chi connectivity index (χ0) is 18.6. The molecule has 1 N–H and O–H groups in total. The number of aryl methyl sites for hydroxylation is 2. The van der Waals surface area contributed by atoms with Crippen LogP contribution in [0.25, 0.3) is 0 Å². The van der Waals surface area contributed by atoms with Crippen LogP contribution in [-0.2, 0) is 32.2 Å². The molecule has 0 aliphatic carbocycles. The minimum atomic E-state index is -3.06. The highest BCUT2D eigenvalue weighted by Crippen LogP contribution is 2.25. The number of nitrogens with one attached hydrogen (secondary N) is 1. The summed E-state index contributed by atoms with van der Waals surface area (Å²) < 4.78 is 28.1. The lowest BCUT2D eigenvalue weighted by Gasteiger charge is -2.16. The monoisotopic (exact) mass is 387 g/mol. The molecule has 1 fully saturated rings. The molecule has 8 heteroatoms. The molecule has 2 atom stereocenters. The van der Waals surface area contributed by atoms with Gasteiger partial charge < -0.3 is 10.1 Å². The fourth-order valence-corrected chi connectivity index (χ4v) is 5.72. The van der Waals surface area contributed by atoms with Gasteiger partial charge in [-0.15, -0.1) is 11.3 Å². The number of esters is 1. The van der Waals surface area contributed by atoms with E-state index in [1.807, 2.05) is 13.0 Å². The molecule has 0 radical (unpaired) electrons. The summed E-state index contributed by atoms with van der Waals surface area (Å²) in [4.78, 5) is 26.1. The lowest BCUT2D eigenvalue weighted by Crippen LogP contribution is -2.42. The Morgan fingerprint density at radius 3 is 2.68 bits per heavy atom. The Labute approximate surface area is 152 Å². The lowest BCUT2D eigenvalue weighted by molar-refractivity contribution is -0.129. The fourth-order valence-electron chi connectivity index (χ4n) is 2.80. The van der Waals surface area contributed by atoms with Crippen LogP contribution in [0, 0.1) is 0 Å². The smallest absolute Gasteiger partial charge is 0.349 e. The second kappa shape index (κ2) is 8.31. The van der Waals surface area contributed by atoms with Gasteiger partial charge in [-0.25, -0.2) is 13.2 Å². The zero-order valence-corrected chi connectivity index (χ0v) is 16.5. The highest BCUT2D eigenvalue weighted by molar-refractivity contribution is 7.91. The van der Waals surface area contributed by atoms with Crippen molar-refractivity contribution in [2.45, 2.75) is 58.6 Å². The summed E-state index contributed by atoms with van der Waals surface area (Å²) >= 11 is 1.42. The molecule has 0 spiro atoms. The molecule has 1 aromatic rings. The molecule has 1 aromatic heterocycles. The van der Waals surface area contributed by atoms with Crippen LogP contribution in [0.5, 0.6) is 0 Å². The predicted octanol–water partition coefficient (Wildman–Crippen LogP) is 2.11. The summed E-state index contributed by atoms with van der Waals surface area (Å²) in [5, 5.41) is 2.65. The molecule has 1 aliphatic rings. The summed E-state index contributed by atoms with van der Waals surface area (Å²) in [5.41, 5.74) is 1.15. The van der Waals surface area contributed by atoms with E-state index in [1.165, 1.54) is 23.1 Å². The summed E-state index contributed by atoms with van der Waals surface area (Å²) in [6.45, 7) is 5.63. The maximum atomic E-state index is 12.3. The number of hydrogen-bond acceptors (Lipinski definition) is 6. The van der Waals surface area contributed by atoms with E-state index in [1.54, 1.807) is 0 Å². The Bertz CT molecular complexity index is 738. The third kappa shape index (κ3) is 5.28. The SMILES string of the molecule is CCCc1sc(C(=O)O[C@@H](C)C(=O)N[C@H]2CCS(=O)(=O)C2)cc1CC. The molecule has 1 saturated heterocycles. The van der Waals surface area contributed by atoms with Crippen molar-refractivity contribution < 1.29 is 22.7 Å². The number of amides is 1. The second-order valence-electron chi connectivity index (χ2n) is 6.32. The molecule has 2 heterocycles. The van der Waals surface area contributed by atoms with Gasteiger partial charge in [-0.2, -0.15) is 0 Å². The molecule has 0 unspecified atom stereocenters. The Morgan fingerprint density at radius 2 is 2.12 bits per heavy atom. The first-order valence-corrected chi connectivity index (χ1v) is 11.2. The fraction of sp³-hybridized carbons (Fsp3) is 0.647. The van der Waals surface area contributed by atoms with Crippen molar-refractivity contribution in [2.24, 2.45) is 0 Å². The van der Waals surface area contributed by atoms with Gasteiger partial charge in [-0.1, -0.05) is 20.3 Å². The number of carbonyl (C=O) groups excluding carboxylic acids is 2. The number of hydrogen-bond donors (Lipinski definition) is 1. The molecule has 0 bridgehead atoms. The molecule has 2 rings (SSSR count). The molecular formula is C17H25NO5S2. The Morgan fingerprint density at radius 1 is 1.40 bits per heavy atom. The first-order chi connectivity index (χ1) is 11.8. The van der Waals surface area contributed by atoms with Crippen LogP contribution in [-0.4, -0.2) is 43.9 Å². The quantitative estimate of drug-likeness (QED) is 0.724. The van der Waals surface area contributed by atoms with E-state index in [4.69, 9.17) is 4.74 Å². The van der Waals surface area contributed by atoms with Crippen LogP contribution in [0.2, 0.25) is 0 Å². The predicted molar refractivity (Wildman–Crippen MR) is 97.8 cm³/mol. The van der Waals surface area contributed by atoms with E-state index in [9.17, 15) is 18.0 Å². The minimum absolute atomic E-state index is 0.0510. The summed E-state index contributed by atoms with van der Waals surface area (Å²) in [5.74, 6) is -0.938. The van der Waals surface area contributed by atoms with Crippen LogP contribution < -0.4 is 5.32 Å². The van der Waals surface area contributed by atoms with E-state index in [2.05, 4.69) is 12.2 Å². The highest BCUT2D eigenvalue weighted by atomic mass is 32.2. The van der Waals surface area contributed by atoms with Crippen molar-refractivity contribution in [1.29, 1.82) is 0 Å². The first-order valence-electron chi connectivity index (χ1n) is 8.59. The van der Waals surface area contributed by atoms with Gasteiger partial charge in [0.05, 0.1) is 11.5 Å². The van der Waals surface area contributed by atoms with Crippen molar-refractivity contribution in [3.63, 3.8) is 0 Å². The average Bonchev–Trinajstić information content (AvgIpc) is 3.10. The number of thiophene rings is 1. The Kier molecular flexibility index (Phi) is 6.62. The minimum Gasteiger partial charge on any atom is -0.448 e. The van der Waals surface area contributed by atoms with E-state index < -0.39 is 33.9 Å². The summed E-state index contributed by atoms with van der Waals surface area (Å²) in [6, 6.07) is 1.44. The Balaban J connectivity index is 1.94. The molecule has 140 valence electrons. The van der Waals surface area contributed by atoms with Gasteiger partial charge in [0.2, 0.25) is 0 Å². The molecule has 1 amide bonds. The van der Waals surface area contributed by atoms with Crippen molar-refractivity contribution in [2.75, 3.05) is 11.5 Å². The van der Waals surface area contributed by atoms with Gasteiger partial charge >= 0.3 is 5.97 Å². The Hall–Kier alpha value is -1.41.